The van der Waals surface area contributed by atoms with E-state index >= 15 is 0 Å². The van der Waals surface area contributed by atoms with Crippen molar-refractivity contribution in [3.05, 3.63) is 24.3 Å². The third-order valence-electron chi connectivity index (χ3n) is 13.0. The second-order valence-corrected chi connectivity index (χ2v) is 19.6. The number of hydrogen-bond acceptors (Lipinski definition) is 6. The van der Waals surface area contributed by atoms with Crippen molar-refractivity contribution in [2.45, 2.75) is 322 Å². The molecule has 0 aliphatic heterocycles. The Morgan fingerprint density at radius 1 is 0.308 bits per heavy atom. The maximum atomic E-state index is 12.8. The van der Waals surface area contributed by atoms with E-state index in [1.807, 2.05) is 0 Å². The zero-order valence-corrected chi connectivity index (χ0v) is 43.8. The van der Waals surface area contributed by atoms with E-state index in [1.54, 1.807) is 0 Å². The summed E-state index contributed by atoms with van der Waals surface area (Å²) in [5.74, 6) is -0.868. The van der Waals surface area contributed by atoms with Crippen LogP contribution in [0.1, 0.15) is 316 Å². The number of unbranched alkanes of at least 4 members (excludes halogenated alkanes) is 38. The largest absolute Gasteiger partial charge is 0.462 e. The molecule has 0 fully saturated rings. The summed E-state index contributed by atoms with van der Waals surface area (Å²) in [5, 5.41) is 0. The van der Waals surface area contributed by atoms with Gasteiger partial charge in [0.2, 0.25) is 0 Å². The molecule has 0 saturated carbocycles. The van der Waals surface area contributed by atoms with Gasteiger partial charge in [-0.15, -0.1) is 0 Å². The van der Waals surface area contributed by atoms with Crippen molar-refractivity contribution < 1.29 is 28.6 Å². The highest BCUT2D eigenvalue weighted by Gasteiger charge is 2.19. The van der Waals surface area contributed by atoms with Gasteiger partial charge >= 0.3 is 17.9 Å². The third kappa shape index (κ3) is 52.7. The van der Waals surface area contributed by atoms with Gasteiger partial charge in [-0.25, -0.2) is 0 Å². The topological polar surface area (TPSA) is 78.9 Å². The Bertz CT molecular complexity index is 1050. The first-order valence-corrected chi connectivity index (χ1v) is 28.8. The van der Waals surface area contributed by atoms with E-state index in [1.165, 1.54) is 199 Å². The second-order valence-electron chi connectivity index (χ2n) is 19.6. The fraction of sp³-hybridized carbons (Fsp3) is 0.881. The van der Waals surface area contributed by atoms with Crippen LogP contribution in [-0.4, -0.2) is 37.2 Å². The summed E-state index contributed by atoms with van der Waals surface area (Å²) in [7, 11) is 0. The molecular weight excluding hydrogens is 805 g/mol. The Balaban J connectivity index is 4.25. The average molecular weight is 916 g/mol. The molecular formula is C59H110O6. The van der Waals surface area contributed by atoms with Gasteiger partial charge in [0.15, 0.2) is 6.10 Å². The van der Waals surface area contributed by atoms with Gasteiger partial charge in [-0.05, 0) is 51.4 Å². The van der Waals surface area contributed by atoms with E-state index in [0.717, 1.165) is 77.0 Å². The van der Waals surface area contributed by atoms with Crippen LogP contribution >= 0.6 is 0 Å². The van der Waals surface area contributed by atoms with Gasteiger partial charge in [-0.2, -0.15) is 0 Å². The van der Waals surface area contributed by atoms with Crippen LogP contribution in [0.3, 0.4) is 0 Å². The standard InChI is InChI=1S/C59H110O6/c1-4-7-10-13-16-19-22-24-26-28-29-30-31-32-34-35-37-40-43-46-49-52-58(61)64-55-56(54-63-57(60)51-48-45-42-39-21-18-15-12-9-6-3)65-59(62)53-50-47-44-41-38-36-33-27-25-23-20-17-14-11-8-5-2/h20,23,27,33,56H,4-19,21-22,24-26,28-32,34-55H2,1-3H3/b23-20-,33-27-. The second kappa shape index (κ2) is 54.5. The lowest BCUT2D eigenvalue weighted by molar-refractivity contribution is -0.167. The van der Waals surface area contributed by atoms with Crippen LogP contribution in [0.25, 0.3) is 0 Å². The number of carbonyl (C=O) groups excluding carboxylic acids is 3. The lowest BCUT2D eigenvalue weighted by Crippen LogP contribution is -2.30. The van der Waals surface area contributed by atoms with Gasteiger partial charge in [0, 0.05) is 19.3 Å². The molecule has 6 nitrogen and oxygen atoms in total. The van der Waals surface area contributed by atoms with Crippen molar-refractivity contribution in [1.82, 2.24) is 0 Å². The molecule has 0 rings (SSSR count). The van der Waals surface area contributed by atoms with Gasteiger partial charge < -0.3 is 14.2 Å². The molecule has 1 unspecified atom stereocenters. The molecule has 0 heterocycles. The first-order chi connectivity index (χ1) is 32.0. The van der Waals surface area contributed by atoms with Gasteiger partial charge in [-0.1, -0.05) is 270 Å². The Kier molecular flexibility index (Phi) is 52.7. The molecule has 65 heavy (non-hydrogen) atoms. The average Bonchev–Trinajstić information content (AvgIpc) is 3.30. The minimum atomic E-state index is -0.773. The van der Waals surface area contributed by atoms with Gasteiger partial charge in [0.25, 0.3) is 0 Å². The highest BCUT2D eigenvalue weighted by atomic mass is 16.6. The maximum Gasteiger partial charge on any atom is 0.306 e. The normalized spacial score (nSPS) is 12.1. The van der Waals surface area contributed by atoms with E-state index < -0.39 is 6.10 Å². The van der Waals surface area contributed by atoms with Crippen LogP contribution in [0, 0.1) is 0 Å². The quantitative estimate of drug-likeness (QED) is 0.0262. The minimum absolute atomic E-state index is 0.0718. The third-order valence-corrected chi connectivity index (χ3v) is 13.0. The van der Waals surface area contributed by atoms with Gasteiger partial charge in [0.05, 0.1) is 0 Å². The summed E-state index contributed by atoms with van der Waals surface area (Å²) < 4.78 is 16.8. The molecule has 0 bridgehead atoms. The molecule has 382 valence electrons. The van der Waals surface area contributed by atoms with E-state index in [0.29, 0.717) is 19.3 Å². The summed E-state index contributed by atoms with van der Waals surface area (Å²) >= 11 is 0. The van der Waals surface area contributed by atoms with Crippen LogP contribution in [0.4, 0.5) is 0 Å². The highest BCUT2D eigenvalue weighted by molar-refractivity contribution is 5.71. The van der Waals surface area contributed by atoms with Crippen LogP contribution < -0.4 is 0 Å². The predicted octanol–water partition coefficient (Wildman–Crippen LogP) is 19.1. The number of hydrogen-bond donors (Lipinski definition) is 0. The van der Waals surface area contributed by atoms with E-state index in [-0.39, 0.29) is 31.1 Å². The summed E-state index contributed by atoms with van der Waals surface area (Å²) in [4.78, 5) is 38.0. The molecule has 0 aromatic heterocycles. The molecule has 1 atom stereocenters. The number of rotatable bonds is 53. The van der Waals surface area contributed by atoms with Crippen molar-refractivity contribution in [1.29, 1.82) is 0 Å². The zero-order valence-electron chi connectivity index (χ0n) is 43.8. The summed E-state index contributed by atoms with van der Waals surface area (Å²) in [6.45, 7) is 6.64. The number of ether oxygens (including phenoxy) is 3. The molecule has 0 aliphatic carbocycles. The number of carbonyl (C=O) groups is 3. The SMILES string of the molecule is CCCCCC/C=C\C/C=C\CCCCCCCC(=O)OC(COC(=O)CCCCCCCCCCCC)COC(=O)CCCCCCCCCCCCCCCCCCCCCCC. The van der Waals surface area contributed by atoms with Crippen LogP contribution in [-0.2, 0) is 28.6 Å². The Morgan fingerprint density at radius 2 is 0.554 bits per heavy atom. The number of esters is 3. The lowest BCUT2D eigenvalue weighted by atomic mass is 10.0. The fourth-order valence-corrected chi connectivity index (χ4v) is 8.59. The Labute approximate surface area is 404 Å². The van der Waals surface area contributed by atoms with Crippen molar-refractivity contribution in [3.8, 4) is 0 Å². The van der Waals surface area contributed by atoms with Crippen LogP contribution in [0.5, 0.6) is 0 Å². The highest BCUT2D eigenvalue weighted by Crippen LogP contribution is 2.17. The first kappa shape index (κ1) is 62.9. The van der Waals surface area contributed by atoms with Crippen molar-refractivity contribution in [2.24, 2.45) is 0 Å². The Hall–Kier alpha value is -2.11. The molecule has 0 aromatic rings. The van der Waals surface area contributed by atoms with Gasteiger partial charge in [0.1, 0.15) is 13.2 Å². The van der Waals surface area contributed by atoms with Gasteiger partial charge in [-0.3, -0.25) is 14.4 Å². The smallest absolute Gasteiger partial charge is 0.306 e. The molecule has 0 saturated heterocycles. The summed E-state index contributed by atoms with van der Waals surface area (Å²) in [6, 6.07) is 0. The molecule has 0 aromatic carbocycles. The number of allylic oxidation sites excluding steroid dienone is 4. The van der Waals surface area contributed by atoms with Crippen LogP contribution in [0.15, 0.2) is 24.3 Å². The van der Waals surface area contributed by atoms with E-state index in [2.05, 4.69) is 45.1 Å². The van der Waals surface area contributed by atoms with Crippen LogP contribution in [0.2, 0.25) is 0 Å². The summed E-state index contributed by atoms with van der Waals surface area (Å²) in [6.07, 6.45) is 63.2. The van der Waals surface area contributed by atoms with Crippen molar-refractivity contribution in [3.63, 3.8) is 0 Å². The Morgan fingerprint density at radius 3 is 0.862 bits per heavy atom. The van der Waals surface area contributed by atoms with E-state index in [9.17, 15) is 14.4 Å². The summed E-state index contributed by atoms with van der Waals surface area (Å²) in [5.41, 5.74) is 0. The predicted molar refractivity (Wildman–Crippen MR) is 279 cm³/mol. The first-order valence-electron chi connectivity index (χ1n) is 28.8. The molecule has 6 heteroatoms. The minimum Gasteiger partial charge on any atom is -0.462 e. The molecule has 0 N–H and O–H groups in total. The monoisotopic (exact) mass is 915 g/mol. The lowest BCUT2D eigenvalue weighted by Gasteiger charge is -2.18. The molecule has 0 spiro atoms. The van der Waals surface area contributed by atoms with Crippen molar-refractivity contribution in [2.75, 3.05) is 13.2 Å². The molecule has 0 radical (unpaired) electrons. The maximum absolute atomic E-state index is 12.8. The fourth-order valence-electron chi connectivity index (χ4n) is 8.59. The molecule has 0 amide bonds. The van der Waals surface area contributed by atoms with E-state index in [4.69, 9.17) is 14.2 Å². The molecule has 0 aliphatic rings. The zero-order chi connectivity index (χ0) is 47.2. The van der Waals surface area contributed by atoms with Crippen molar-refractivity contribution >= 4 is 17.9 Å².